The number of halogens is 1. The molecule has 1 aliphatic carbocycles. The molecule has 2 atom stereocenters. The maximum atomic E-state index is 4.46. The summed E-state index contributed by atoms with van der Waals surface area (Å²) in [6, 6.07) is 7.65. The molecule has 2 nitrogen and oxygen atoms in total. The fourth-order valence-corrected chi connectivity index (χ4v) is 4.11. The first-order valence-corrected chi connectivity index (χ1v) is 8.86. The van der Waals surface area contributed by atoms with Crippen LogP contribution in [0.1, 0.15) is 41.9 Å². The lowest BCUT2D eigenvalue weighted by Gasteiger charge is -2.29. The Hall–Kier alpha value is -0.710. The van der Waals surface area contributed by atoms with Crippen LogP contribution in [-0.4, -0.2) is 11.0 Å². The van der Waals surface area contributed by atoms with Crippen LogP contribution in [0.15, 0.2) is 34.2 Å². The van der Waals surface area contributed by atoms with Crippen LogP contribution in [0.2, 0.25) is 0 Å². The van der Waals surface area contributed by atoms with Crippen molar-refractivity contribution in [3.8, 4) is 0 Å². The highest BCUT2D eigenvalue weighted by atomic mass is 79.9. The third kappa shape index (κ3) is 3.13. The van der Waals surface area contributed by atoms with Gasteiger partial charge in [0.25, 0.3) is 0 Å². The highest BCUT2D eigenvalue weighted by Crippen LogP contribution is 2.27. The summed E-state index contributed by atoms with van der Waals surface area (Å²) in [6.45, 7) is 2.23. The number of benzene rings is 1. The SMILES string of the molecule is CCC(NC1CCc2cc(Br)ccc2C1)c1nccs1. The quantitative estimate of drug-likeness (QED) is 0.877. The van der Waals surface area contributed by atoms with Crippen LogP contribution in [-0.2, 0) is 12.8 Å². The molecule has 0 spiro atoms. The van der Waals surface area contributed by atoms with E-state index < -0.39 is 0 Å². The van der Waals surface area contributed by atoms with Gasteiger partial charge in [0, 0.05) is 22.1 Å². The van der Waals surface area contributed by atoms with Crippen molar-refractivity contribution in [1.29, 1.82) is 0 Å². The predicted molar refractivity (Wildman–Crippen MR) is 88.2 cm³/mol. The molecule has 1 aromatic carbocycles. The largest absolute Gasteiger partial charge is 0.305 e. The Morgan fingerprint density at radius 2 is 2.35 bits per heavy atom. The molecule has 20 heavy (non-hydrogen) atoms. The Balaban J connectivity index is 1.69. The van der Waals surface area contributed by atoms with Gasteiger partial charge in [-0.1, -0.05) is 28.9 Å². The van der Waals surface area contributed by atoms with Gasteiger partial charge < -0.3 is 5.32 Å². The molecule has 1 N–H and O–H groups in total. The van der Waals surface area contributed by atoms with E-state index in [2.05, 4.69) is 56.7 Å². The van der Waals surface area contributed by atoms with Gasteiger partial charge in [-0.15, -0.1) is 11.3 Å². The number of hydrogen-bond donors (Lipinski definition) is 1. The van der Waals surface area contributed by atoms with Crippen molar-refractivity contribution in [3.63, 3.8) is 0 Å². The van der Waals surface area contributed by atoms with E-state index in [0.29, 0.717) is 12.1 Å². The van der Waals surface area contributed by atoms with Crippen LogP contribution in [0.4, 0.5) is 0 Å². The predicted octanol–water partition coefficient (Wildman–Crippen LogP) is 4.50. The first kappa shape index (κ1) is 14.2. The van der Waals surface area contributed by atoms with E-state index in [1.165, 1.54) is 33.4 Å². The van der Waals surface area contributed by atoms with Crippen LogP contribution < -0.4 is 5.32 Å². The number of thiazole rings is 1. The monoisotopic (exact) mass is 350 g/mol. The van der Waals surface area contributed by atoms with E-state index in [0.717, 1.165) is 12.8 Å². The lowest BCUT2D eigenvalue weighted by Crippen LogP contribution is -2.37. The van der Waals surface area contributed by atoms with E-state index in [-0.39, 0.29) is 0 Å². The number of aromatic nitrogens is 1. The summed E-state index contributed by atoms with van der Waals surface area (Å²) in [5.74, 6) is 0. The van der Waals surface area contributed by atoms with Crippen molar-refractivity contribution in [2.24, 2.45) is 0 Å². The van der Waals surface area contributed by atoms with E-state index in [9.17, 15) is 0 Å². The molecule has 0 amide bonds. The molecule has 1 heterocycles. The normalized spacial score (nSPS) is 19.6. The summed E-state index contributed by atoms with van der Waals surface area (Å²) in [5, 5.41) is 7.08. The number of hydrogen-bond acceptors (Lipinski definition) is 3. The maximum Gasteiger partial charge on any atom is 0.109 e. The van der Waals surface area contributed by atoms with E-state index >= 15 is 0 Å². The van der Waals surface area contributed by atoms with Gasteiger partial charge >= 0.3 is 0 Å². The Bertz CT molecular complexity index is 568. The minimum atomic E-state index is 0.400. The molecule has 106 valence electrons. The van der Waals surface area contributed by atoms with Gasteiger partial charge in [-0.25, -0.2) is 4.98 Å². The zero-order valence-corrected chi connectivity index (χ0v) is 14.0. The highest BCUT2D eigenvalue weighted by Gasteiger charge is 2.22. The molecule has 0 radical (unpaired) electrons. The van der Waals surface area contributed by atoms with Crippen LogP contribution in [0, 0.1) is 0 Å². The summed E-state index contributed by atoms with van der Waals surface area (Å²) in [6.07, 6.45) is 6.51. The summed E-state index contributed by atoms with van der Waals surface area (Å²) < 4.78 is 1.19. The van der Waals surface area contributed by atoms with Gasteiger partial charge in [-0.05, 0) is 48.9 Å². The molecule has 0 fully saturated rings. The Morgan fingerprint density at radius 3 is 3.10 bits per heavy atom. The summed E-state index contributed by atoms with van der Waals surface area (Å²) in [7, 11) is 0. The second-order valence-corrected chi connectivity index (χ2v) is 7.19. The van der Waals surface area contributed by atoms with Gasteiger partial charge in [0.15, 0.2) is 0 Å². The van der Waals surface area contributed by atoms with Crippen LogP contribution in [0.3, 0.4) is 0 Å². The second kappa shape index (κ2) is 6.37. The summed E-state index contributed by atoms with van der Waals surface area (Å²) >= 11 is 5.31. The van der Waals surface area contributed by atoms with Crippen molar-refractivity contribution in [1.82, 2.24) is 10.3 Å². The Kier molecular flexibility index (Phi) is 4.54. The van der Waals surface area contributed by atoms with Gasteiger partial charge in [-0.2, -0.15) is 0 Å². The number of fused-ring (bicyclic) bond motifs is 1. The molecule has 0 bridgehead atoms. The standard InChI is InChI=1S/C16H19BrN2S/c1-2-15(16-18-7-8-20-16)19-14-6-4-11-9-13(17)5-3-12(11)10-14/h3,5,7-9,14-15,19H,2,4,6,10H2,1H3. The highest BCUT2D eigenvalue weighted by molar-refractivity contribution is 9.10. The minimum Gasteiger partial charge on any atom is -0.305 e. The van der Waals surface area contributed by atoms with Crippen molar-refractivity contribution in [3.05, 3.63) is 50.4 Å². The average molecular weight is 351 g/mol. The first-order chi connectivity index (χ1) is 9.76. The molecule has 4 heteroatoms. The first-order valence-electron chi connectivity index (χ1n) is 7.19. The third-order valence-corrected chi connectivity index (χ3v) is 5.37. The lowest BCUT2D eigenvalue weighted by atomic mass is 9.88. The third-order valence-electron chi connectivity index (χ3n) is 3.99. The summed E-state index contributed by atoms with van der Waals surface area (Å²) in [5.41, 5.74) is 2.99. The minimum absolute atomic E-state index is 0.400. The zero-order valence-electron chi connectivity index (χ0n) is 11.6. The Morgan fingerprint density at radius 1 is 1.45 bits per heavy atom. The van der Waals surface area contributed by atoms with Crippen molar-refractivity contribution in [2.75, 3.05) is 0 Å². The molecule has 0 saturated carbocycles. The van der Waals surface area contributed by atoms with E-state index in [1.807, 2.05) is 6.20 Å². The number of rotatable bonds is 4. The topological polar surface area (TPSA) is 24.9 Å². The van der Waals surface area contributed by atoms with Crippen LogP contribution in [0.25, 0.3) is 0 Å². The average Bonchev–Trinajstić information content (AvgIpc) is 2.99. The number of nitrogens with one attached hydrogen (secondary N) is 1. The van der Waals surface area contributed by atoms with Crippen molar-refractivity contribution >= 4 is 27.3 Å². The molecular formula is C16H19BrN2S. The van der Waals surface area contributed by atoms with Gasteiger partial charge in [0.05, 0.1) is 6.04 Å². The molecular weight excluding hydrogens is 332 g/mol. The van der Waals surface area contributed by atoms with Crippen LogP contribution in [0.5, 0.6) is 0 Å². The van der Waals surface area contributed by atoms with Gasteiger partial charge in [-0.3, -0.25) is 0 Å². The fraction of sp³-hybridized carbons (Fsp3) is 0.438. The van der Waals surface area contributed by atoms with E-state index in [1.54, 1.807) is 11.3 Å². The molecule has 3 rings (SSSR count). The van der Waals surface area contributed by atoms with E-state index in [4.69, 9.17) is 0 Å². The molecule has 2 unspecified atom stereocenters. The molecule has 0 aliphatic heterocycles. The number of aryl methyl sites for hydroxylation is 1. The zero-order chi connectivity index (χ0) is 13.9. The molecule has 0 saturated heterocycles. The Labute approximate surface area is 132 Å². The number of nitrogens with zero attached hydrogens (tertiary/aromatic N) is 1. The molecule has 1 aromatic heterocycles. The van der Waals surface area contributed by atoms with Gasteiger partial charge in [0.2, 0.25) is 0 Å². The molecule has 2 aromatic rings. The van der Waals surface area contributed by atoms with Crippen molar-refractivity contribution < 1.29 is 0 Å². The smallest absolute Gasteiger partial charge is 0.109 e. The van der Waals surface area contributed by atoms with Crippen molar-refractivity contribution in [2.45, 2.75) is 44.7 Å². The second-order valence-electron chi connectivity index (χ2n) is 5.35. The fourth-order valence-electron chi connectivity index (χ4n) is 2.92. The van der Waals surface area contributed by atoms with Gasteiger partial charge in [0.1, 0.15) is 5.01 Å². The lowest BCUT2D eigenvalue weighted by molar-refractivity contribution is 0.391. The van der Waals surface area contributed by atoms with Crippen LogP contribution >= 0.6 is 27.3 Å². The molecule has 1 aliphatic rings. The summed E-state index contributed by atoms with van der Waals surface area (Å²) in [4.78, 5) is 4.46. The maximum absolute atomic E-state index is 4.46.